The fraction of sp³-hybridized carbons (Fsp3) is 0.333. The number of aliphatic carboxylic acids is 1. The van der Waals surface area contributed by atoms with E-state index in [1.54, 1.807) is 12.4 Å². The molecule has 1 unspecified atom stereocenters. The van der Waals surface area contributed by atoms with Crippen molar-refractivity contribution in [3.05, 3.63) is 65.1 Å². The van der Waals surface area contributed by atoms with Crippen molar-refractivity contribution in [2.24, 2.45) is 0 Å². The minimum Gasteiger partial charge on any atom is -0.480 e. The summed E-state index contributed by atoms with van der Waals surface area (Å²) in [5.74, 6) is -0.800. The normalized spacial score (nSPS) is 15.6. The molecule has 27 heavy (non-hydrogen) atoms. The number of carboxylic acids is 1. The zero-order chi connectivity index (χ0) is 19.0. The Balaban J connectivity index is 1.74. The van der Waals surface area contributed by atoms with Crippen LogP contribution in [0, 0.1) is 6.92 Å². The summed E-state index contributed by atoms with van der Waals surface area (Å²) in [6.07, 6.45) is 3.54. The van der Waals surface area contributed by atoms with E-state index in [2.05, 4.69) is 34.7 Å². The van der Waals surface area contributed by atoms with Gasteiger partial charge in [0.25, 0.3) is 0 Å². The molecule has 0 bridgehead atoms. The van der Waals surface area contributed by atoms with Crippen molar-refractivity contribution in [2.75, 3.05) is 13.1 Å². The third-order valence-corrected chi connectivity index (χ3v) is 5.29. The van der Waals surface area contributed by atoms with E-state index in [0.717, 1.165) is 22.9 Å². The van der Waals surface area contributed by atoms with Gasteiger partial charge in [0, 0.05) is 48.5 Å². The highest BCUT2D eigenvalue weighted by atomic mass is 16.4. The molecule has 2 aromatic heterocycles. The van der Waals surface area contributed by atoms with Gasteiger partial charge in [-0.05, 0) is 42.3 Å². The average Bonchev–Trinajstić information content (AvgIpc) is 2.94. The minimum absolute atomic E-state index is 0.0531. The second-order valence-corrected chi connectivity index (χ2v) is 7.21. The first-order valence-electron chi connectivity index (χ1n) is 9.15. The van der Waals surface area contributed by atoms with Crippen molar-refractivity contribution in [1.29, 1.82) is 0 Å². The highest BCUT2D eigenvalue weighted by molar-refractivity contribution is 5.86. The quantitative estimate of drug-likeness (QED) is 0.726. The third-order valence-electron chi connectivity index (χ3n) is 5.29. The lowest BCUT2D eigenvalue weighted by molar-refractivity contribution is -0.138. The van der Waals surface area contributed by atoms with Crippen LogP contribution >= 0.6 is 0 Å². The van der Waals surface area contributed by atoms with Gasteiger partial charge in [-0.1, -0.05) is 11.6 Å². The number of benzene rings is 1. The van der Waals surface area contributed by atoms with Gasteiger partial charge in [0.1, 0.15) is 0 Å². The summed E-state index contributed by atoms with van der Waals surface area (Å²) < 4.78 is 2.20. The molecule has 140 valence electrons. The number of aliphatic hydroxyl groups is 1. The van der Waals surface area contributed by atoms with Crippen LogP contribution in [0.4, 0.5) is 0 Å². The summed E-state index contributed by atoms with van der Waals surface area (Å²) in [6.45, 7) is 3.92. The van der Waals surface area contributed by atoms with Crippen LogP contribution < -0.4 is 0 Å². The van der Waals surface area contributed by atoms with Crippen molar-refractivity contribution in [3.8, 4) is 0 Å². The minimum atomic E-state index is -0.800. The molecule has 0 saturated heterocycles. The lowest BCUT2D eigenvalue weighted by atomic mass is 10.0. The molecule has 6 heteroatoms. The van der Waals surface area contributed by atoms with Crippen LogP contribution in [0.25, 0.3) is 10.9 Å². The number of aryl methyl sites for hydroxylation is 1. The maximum absolute atomic E-state index is 11.1. The Bertz CT molecular complexity index is 981. The molecule has 2 N–H and O–H groups in total. The lowest BCUT2D eigenvalue weighted by Crippen LogP contribution is -2.35. The van der Waals surface area contributed by atoms with Crippen LogP contribution in [0.3, 0.4) is 0 Å². The highest BCUT2D eigenvalue weighted by Gasteiger charge is 2.26. The number of aromatic nitrogens is 2. The Hall–Kier alpha value is -2.70. The average molecular weight is 365 g/mol. The zero-order valence-corrected chi connectivity index (χ0v) is 15.3. The fourth-order valence-corrected chi connectivity index (χ4v) is 4.02. The third kappa shape index (κ3) is 3.46. The van der Waals surface area contributed by atoms with E-state index >= 15 is 0 Å². The largest absolute Gasteiger partial charge is 0.480 e. The van der Waals surface area contributed by atoms with Gasteiger partial charge in [0.15, 0.2) is 0 Å². The Kier molecular flexibility index (Phi) is 4.68. The Morgan fingerprint density at radius 3 is 2.78 bits per heavy atom. The van der Waals surface area contributed by atoms with Crippen molar-refractivity contribution in [2.45, 2.75) is 32.5 Å². The molecule has 0 spiro atoms. The maximum Gasteiger partial charge on any atom is 0.317 e. The molecule has 0 amide bonds. The first kappa shape index (κ1) is 17.7. The Labute approximate surface area is 157 Å². The van der Waals surface area contributed by atoms with E-state index in [9.17, 15) is 9.90 Å². The smallest absolute Gasteiger partial charge is 0.317 e. The van der Waals surface area contributed by atoms with E-state index in [-0.39, 0.29) is 6.54 Å². The topological polar surface area (TPSA) is 78.6 Å². The lowest BCUT2D eigenvalue weighted by Gasteiger charge is -2.27. The Morgan fingerprint density at radius 1 is 1.26 bits per heavy atom. The number of carbonyl (C=O) groups is 1. The van der Waals surface area contributed by atoms with Crippen molar-refractivity contribution >= 4 is 16.9 Å². The number of rotatable bonds is 5. The zero-order valence-electron chi connectivity index (χ0n) is 15.3. The van der Waals surface area contributed by atoms with Crippen molar-refractivity contribution < 1.29 is 15.0 Å². The molecule has 1 aliphatic heterocycles. The second-order valence-electron chi connectivity index (χ2n) is 7.21. The van der Waals surface area contributed by atoms with E-state index in [1.165, 1.54) is 16.8 Å². The van der Waals surface area contributed by atoms with Gasteiger partial charge in [-0.2, -0.15) is 0 Å². The summed E-state index contributed by atoms with van der Waals surface area (Å²) >= 11 is 0. The molecule has 1 aliphatic rings. The standard InChI is InChI=1S/C21H23N3O3/c1-14-2-3-18-16(10-14)17-11-23(13-21(26)27)9-6-19(17)24(18)12-20(25)15-4-7-22-8-5-15/h2-5,7-8,10,20,25H,6,9,11-13H2,1H3,(H,26,27). The SMILES string of the molecule is Cc1ccc2c(c1)c1c(n2CC(O)c2ccncc2)CCN(CC(=O)O)C1. The first-order chi connectivity index (χ1) is 13.0. The molecule has 1 aromatic carbocycles. The number of fused-ring (bicyclic) bond motifs is 3. The molecule has 3 aromatic rings. The summed E-state index contributed by atoms with van der Waals surface area (Å²) in [7, 11) is 0. The highest BCUT2D eigenvalue weighted by Crippen LogP contribution is 2.33. The summed E-state index contributed by atoms with van der Waals surface area (Å²) in [4.78, 5) is 17.1. The summed E-state index contributed by atoms with van der Waals surface area (Å²) in [6, 6.07) is 10.0. The van der Waals surface area contributed by atoms with Crippen LogP contribution in [0.5, 0.6) is 0 Å². The van der Waals surface area contributed by atoms with Crippen LogP contribution in [-0.4, -0.2) is 43.7 Å². The van der Waals surface area contributed by atoms with E-state index in [4.69, 9.17) is 5.11 Å². The van der Waals surface area contributed by atoms with Crippen LogP contribution in [0.2, 0.25) is 0 Å². The number of carboxylic acid groups (broad SMARTS) is 1. The molecule has 0 fully saturated rings. The number of nitrogens with zero attached hydrogens (tertiary/aromatic N) is 3. The van der Waals surface area contributed by atoms with Crippen LogP contribution in [0.1, 0.15) is 28.5 Å². The second kappa shape index (κ2) is 7.13. The van der Waals surface area contributed by atoms with Crippen LogP contribution in [0.15, 0.2) is 42.7 Å². The van der Waals surface area contributed by atoms with Crippen LogP contribution in [-0.2, 0) is 24.3 Å². The summed E-state index contributed by atoms with van der Waals surface area (Å²) in [5, 5.41) is 21.0. The predicted octanol–water partition coefficient (Wildman–Crippen LogP) is 2.52. The molecule has 0 aliphatic carbocycles. The number of aliphatic hydroxyl groups excluding tert-OH is 1. The monoisotopic (exact) mass is 365 g/mol. The van der Waals surface area contributed by atoms with E-state index < -0.39 is 12.1 Å². The fourth-order valence-electron chi connectivity index (χ4n) is 4.02. The molecule has 4 rings (SSSR count). The molecule has 1 atom stereocenters. The van der Waals surface area contributed by atoms with Crippen molar-refractivity contribution in [1.82, 2.24) is 14.5 Å². The van der Waals surface area contributed by atoms with Gasteiger partial charge in [-0.25, -0.2) is 0 Å². The molecular weight excluding hydrogens is 342 g/mol. The molecule has 0 radical (unpaired) electrons. The molecular formula is C21H23N3O3. The van der Waals surface area contributed by atoms with Gasteiger partial charge in [0.05, 0.1) is 19.2 Å². The van der Waals surface area contributed by atoms with E-state index in [1.807, 2.05) is 17.0 Å². The number of hydrogen-bond donors (Lipinski definition) is 2. The molecule has 6 nitrogen and oxygen atoms in total. The number of pyridine rings is 1. The van der Waals surface area contributed by atoms with Gasteiger partial charge in [-0.3, -0.25) is 14.7 Å². The number of hydrogen-bond acceptors (Lipinski definition) is 4. The van der Waals surface area contributed by atoms with Gasteiger partial charge in [-0.15, -0.1) is 0 Å². The predicted molar refractivity (Wildman–Crippen MR) is 102 cm³/mol. The van der Waals surface area contributed by atoms with Gasteiger partial charge in [0.2, 0.25) is 0 Å². The van der Waals surface area contributed by atoms with Gasteiger partial charge < -0.3 is 14.8 Å². The molecule has 3 heterocycles. The van der Waals surface area contributed by atoms with E-state index in [0.29, 0.717) is 19.6 Å². The molecule has 0 saturated carbocycles. The van der Waals surface area contributed by atoms with Gasteiger partial charge >= 0.3 is 5.97 Å². The maximum atomic E-state index is 11.1. The van der Waals surface area contributed by atoms with Crippen molar-refractivity contribution in [3.63, 3.8) is 0 Å². The summed E-state index contributed by atoms with van der Waals surface area (Å²) in [5.41, 5.74) is 5.49. The Morgan fingerprint density at radius 2 is 2.04 bits per heavy atom. The first-order valence-corrected chi connectivity index (χ1v) is 9.15.